The number of phenolic OH excluding ortho intramolecular Hbond substituents is 1. The summed E-state index contributed by atoms with van der Waals surface area (Å²) in [6, 6.07) is 3.72. The average molecular weight is 320 g/mol. The standard InChI is InChI=1S/C16H20N2O5/c1-5-16(10-7-8-11(19)12(9-10)23-4)13(20)17(3)15(22)18(6-2)14(16)21/h7-9,19H,5-6H2,1-4H3. The highest BCUT2D eigenvalue weighted by atomic mass is 16.5. The van der Waals surface area contributed by atoms with E-state index >= 15 is 0 Å². The Bertz CT molecular complexity index is 672. The Morgan fingerprint density at radius 2 is 1.83 bits per heavy atom. The summed E-state index contributed by atoms with van der Waals surface area (Å²) < 4.78 is 5.07. The fourth-order valence-corrected chi connectivity index (χ4v) is 2.94. The number of hydrogen-bond acceptors (Lipinski definition) is 5. The van der Waals surface area contributed by atoms with Crippen LogP contribution in [0.2, 0.25) is 0 Å². The van der Waals surface area contributed by atoms with E-state index in [1.165, 1.54) is 32.4 Å². The van der Waals surface area contributed by atoms with Crippen LogP contribution in [0.4, 0.5) is 4.79 Å². The van der Waals surface area contributed by atoms with E-state index < -0.39 is 23.3 Å². The molecule has 1 N–H and O–H groups in total. The summed E-state index contributed by atoms with van der Waals surface area (Å²) in [5.74, 6) is -1.05. The van der Waals surface area contributed by atoms with E-state index in [0.29, 0.717) is 5.56 Å². The lowest BCUT2D eigenvalue weighted by atomic mass is 9.74. The molecule has 0 bridgehead atoms. The molecular weight excluding hydrogens is 300 g/mol. The minimum atomic E-state index is -1.50. The zero-order valence-corrected chi connectivity index (χ0v) is 13.6. The normalized spacial score (nSPS) is 21.8. The van der Waals surface area contributed by atoms with Crippen LogP contribution in [-0.4, -0.2) is 53.5 Å². The van der Waals surface area contributed by atoms with Crippen molar-refractivity contribution in [1.82, 2.24) is 9.80 Å². The molecule has 1 fully saturated rings. The van der Waals surface area contributed by atoms with Gasteiger partial charge in [-0.1, -0.05) is 13.0 Å². The maximum Gasteiger partial charge on any atom is 0.333 e. The molecule has 1 unspecified atom stereocenters. The van der Waals surface area contributed by atoms with Crippen molar-refractivity contribution < 1.29 is 24.2 Å². The van der Waals surface area contributed by atoms with Gasteiger partial charge in [0.15, 0.2) is 16.9 Å². The molecule has 1 aliphatic heterocycles. The van der Waals surface area contributed by atoms with Crippen molar-refractivity contribution in [2.45, 2.75) is 25.7 Å². The van der Waals surface area contributed by atoms with Crippen molar-refractivity contribution in [3.05, 3.63) is 23.8 Å². The fraction of sp³-hybridized carbons (Fsp3) is 0.438. The number of barbiturate groups is 1. The highest BCUT2D eigenvalue weighted by Gasteiger charge is 2.56. The summed E-state index contributed by atoms with van der Waals surface area (Å²) >= 11 is 0. The first kappa shape index (κ1) is 16.8. The molecule has 1 aliphatic rings. The largest absolute Gasteiger partial charge is 0.504 e. The van der Waals surface area contributed by atoms with Gasteiger partial charge in [0.25, 0.3) is 11.8 Å². The van der Waals surface area contributed by atoms with Gasteiger partial charge in [-0.05, 0) is 31.0 Å². The van der Waals surface area contributed by atoms with Crippen molar-refractivity contribution in [3.8, 4) is 11.5 Å². The molecule has 2 rings (SSSR count). The van der Waals surface area contributed by atoms with Crippen molar-refractivity contribution >= 4 is 17.8 Å². The number of benzene rings is 1. The number of carbonyl (C=O) groups is 3. The highest BCUT2D eigenvalue weighted by Crippen LogP contribution is 2.39. The Hall–Kier alpha value is -2.57. The van der Waals surface area contributed by atoms with Gasteiger partial charge < -0.3 is 9.84 Å². The number of methoxy groups -OCH3 is 1. The Morgan fingerprint density at radius 3 is 2.35 bits per heavy atom. The molecular formula is C16H20N2O5. The number of likely N-dealkylation sites (N-methyl/N-ethyl adjacent to an activating group) is 2. The van der Waals surface area contributed by atoms with Gasteiger partial charge >= 0.3 is 6.03 Å². The summed E-state index contributed by atoms with van der Waals surface area (Å²) in [5.41, 5.74) is -1.11. The number of ether oxygens (including phenoxy) is 1. The van der Waals surface area contributed by atoms with E-state index in [4.69, 9.17) is 4.74 Å². The van der Waals surface area contributed by atoms with Gasteiger partial charge in [-0.15, -0.1) is 0 Å². The number of hydrogen-bond donors (Lipinski definition) is 1. The first-order valence-corrected chi connectivity index (χ1v) is 7.36. The third-order valence-electron chi connectivity index (χ3n) is 4.32. The van der Waals surface area contributed by atoms with Crippen LogP contribution in [0.15, 0.2) is 18.2 Å². The van der Waals surface area contributed by atoms with Crippen LogP contribution in [0.3, 0.4) is 0 Å². The minimum absolute atomic E-state index is 0.0880. The zero-order chi connectivity index (χ0) is 17.4. The summed E-state index contributed by atoms with van der Waals surface area (Å²) in [6.45, 7) is 3.57. The molecule has 4 amide bonds. The van der Waals surface area contributed by atoms with Gasteiger partial charge in [0.1, 0.15) is 0 Å². The number of phenols is 1. The molecule has 124 valence electrons. The lowest BCUT2D eigenvalue weighted by molar-refractivity contribution is -0.151. The molecule has 1 heterocycles. The van der Waals surface area contributed by atoms with Gasteiger partial charge in [-0.3, -0.25) is 19.4 Å². The number of rotatable bonds is 4. The smallest absolute Gasteiger partial charge is 0.333 e. The predicted octanol–water partition coefficient (Wildman–Crippen LogP) is 1.49. The minimum Gasteiger partial charge on any atom is -0.504 e. The van der Waals surface area contributed by atoms with Crippen LogP contribution in [0.1, 0.15) is 25.8 Å². The van der Waals surface area contributed by atoms with Crippen molar-refractivity contribution in [1.29, 1.82) is 0 Å². The van der Waals surface area contributed by atoms with Gasteiger partial charge in [0.2, 0.25) is 0 Å². The molecule has 1 saturated heterocycles. The number of imide groups is 2. The monoisotopic (exact) mass is 320 g/mol. The quantitative estimate of drug-likeness (QED) is 0.849. The topological polar surface area (TPSA) is 87.2 Å². The molecule has 1 aromatic rings. The molecule has 7 nitrogen and oxygen atoms in total. The summed E-state index contributed by atoms with van der Waals surface area (Å²) in [7, 11) is 2.75. The van der Waals surface area contributed by atoms with Crippen molar-refractivity contribution in [2.24, 2.45) is 0 Å². The van der Waals surface area contributed by atoms with Crippen molar-refractivity contribution in [3.63, 3.8) is 0 Å². The Balaban J connectivity index is 2.68. The van der Waals surface area contributed by atoms with Gasteiger partial charge in [0, 0.05) is 13.6 Å². The molecule has 0 aromatic heterocycles. The summed E-state index contributed by atoms with van der Waals surface area (Å²) in [4.78, 5) is 39.9. The molecule has 0 radical (unpaired) electrons. The Morgan fingerprint density at radius 1 is 1.17 bits per heavy atom. The Kier molecular flexibility index (Phi) is 4.31. The maximum absolute atomic E-state index is 12.9. The van der Waals surface area contributed by atoms with E-state index in [9.17, 15) is 19.5 Å². The van der Waals surface area contributed by atoms with E-state index in [-0.39, 0.29) is 24.5 Å². The van der Waals surface area contributed by atoms with Crippen LogP contribution in [0.25, 0.3) is 0 Å². The van der Waals surface area contributed by atoms with Crippen LogP contribution in [0.5, 0.6) is 11.5 Å². The molecule has 23 heavy (non-hydrogen) atoms. The fourth-order valence-electron chi connectivity index (χ4n) is 2.94. The van der Waals surface area contributed by atoms with Gasteiger partial charge in [-0.2, -0.15) is 0 Å². The van der Waals surface area contributed by atoms with Crippen molar-refractivity contribution in [2.75, 3.05) is 20.7 Å². The lowest BCUT2D eigenvalue weighted by Crippen LogP contribution is -2.65. The third-order valence-corrected chi connectivity index (χ3v) is 4.32. The second-order valence-electron chi connectivity index (χ2n) is 5.34. The average Bonchev–Trinajstić information content (AvgIpc) is 2.55. The first-order valence-electron chi connectivity index (χ1n) is 7.36. The van der Waals surface area contributed by atoms with Crippen LogP contribution in [0, 0.1) is 0 Å². The predicted molar refractivity (Wildman–Crippen MR) is 82.2 cm³/mol. The van der Waals surface area contributed by atoms with Gasteiger partial charge in [-0.25, -0.2) is 4.79 Å². The molecule has 0 aliphatic carbocycles. The molecule has 1 atom stereocenters. The van der Waals surface area contributed by atoms with Gasteiger partial charge in [0.05, 0.1) is 7.11 Å². The van der Waals surface area contributed by atoms with E-state index in [0.717, 1.165) is 9.80 Å². The molecule has 0 saturated carbocycles. The van der Waals surface area contributed by atoms with E-state index in [1.807, 2.05) is 0 Å². The first-order chi connectivity index (χ1) is 10.8. The molecule has 7 heteroatoms. The van der Waals surface area contributed by atoms with E-state index in [2.05, 4.69) is 0 Å². The lowest BCUT2D eigenvalue weighted by Gasteiger charge is -2.42. The maximum atomic E-state index is 12.9. The Labute approximate surface area is 134 Å². The van der Waals surface area contributed by atoms with E-state index in [1.54, 1.807) is 13.8 Å². The molecule has 0 spiro atoms. The number of urea groups is 1. The second-order valence-corrected chi connectivity index (χ2v) is 5.34. The zero-order valence-electron chi connectivity index (χ0n) is 13.6. The highest BCUT2D eigenvalue weighted by molar-refractivity contribution is 6.22. The third kappa shape index (κ3) is 2.23. The van der Waals surface area contributed by atoms with Crippen LogP contribution < -0.4 is 4.74 Å². The molecule has 1 aromatic carbocycles. The number of aromatic hydroxyl groups is 1. The van der Waals surface area contributed by atoms with Crippen LogP contribution in [-0.2, 0) is 15.0 Å². The summed E-state index contributed by atoms with van der Waals surface area (Å²) in [6.07, 6.45) is 0.187. The summed E-state index contributed by atoms with van der Waals surface area (Å²) in [5, 5.41) is 9.74. The van der Waals surface area contributed by atoms with Crippen LogP contribution >= 0.6 is 0 Å². The number of carbonyl (C=O) groups excluding carboxylic acids is 3. The second kappa shape index (κ2) is 5.91. The SMILES string of the molecule is CCN1C(=O)N(C)C(=O)C(CC)(c2ccc(O)c(OC)c2)C1=O. The number of amides is 4. The number of nitrogens with zero attached hydrogens (tertiary/aromatic N) is 2.